The minimum Gasteiger partial charge on any atom is -0.508 e. The first-order chi connectivity index (χ1) is 28.0. The lowest BCUT2D eigenvalue weighted by molar-refractivity contribution is -0.143. The van der Waals surface area contributed by atoms with Crippen LogP contribution in [-0.4, -0.2) is 130 Å². The van der Waals surface area contributed by atoms with Crippen LogP contribution in [0, 0.1) is 11.8 Å². The van der Waals surface area contributed by atoms with Crippen LogP contribution in [0.3, 0.4) is 0 Å². The molecule has 1 aromatic rings. The SMILES string of the molecule is CC(=O)NC(CO)C(=O)NC(CCC(N)=O)C(=O)NC(CC(N)=O)C(=O)N[C@@H](Cc1ccc(O)cc1)C(=O)N1CCC[C@H]1C(=O)NC(C(=O)NC(C(N)=O)C(C)C)C(C)C. The molecule has 14 N–H and O–H groups in total. The topological polar surface area (TPSA) is 365 Å². The van der Waals surface area contributed by atoms with Gasteiger partial charge in [0.05, 0.1) is 13.0 Å². The van der Waals surface area contributed by atoms with Crippen LogP contribution >= 0.6 is 0 Å². The molecule has 60 heavy (non-hydrogen) atoms. The number of phenolic OH excluding ortho intramolecular Hbond substituents is 1. The maximum Gasteiger partial charge on any atom is 0.246 e. The number of aromatic hydroxyl groups is 1. The second-order valence-corrected chi connectivity index (χ2v) is 15.2. The third kappa shape index (κ3) is 15.5. The predicted octanol–water partition coefficient (Wildman–Crippen LogP) is -4.22. The first-order valence-electron chi connectivity index (χ1n) is 19.4. The summed E-state index contributed by atoms with van der Waals surface area (Å²) in [4.78, 5) is 130. The van der Waals surface area contributed by atoms with Crippen molar-refractivity contribution in [3.05, 3.63) is 29.8 Å². The Kier molecular flexibility index (Phi) is 19.4. The van der Waals surface area contributed by atoms with Gasteiger partial charge in [0.1, 0.15) is 48.0 Å². The molecule has 1 aliphatic heterocycles. The van der Waals surface area contributed by atoms with Crippen molar-refractivity contribution in [2.45, 2.75) is 115 Å². The molecular weight excluding hydrogens is 788 g/mol. The molecule has 22 nitrogen and oxygen atoms in total. The number of phenols is 1. The summed E-state index contributed by atoms with van der Waals surface area (Å²) < 4.78 is 0. The zero-order valence-corrected chi connectivity index (χ0v) is 34.3. The van der Waals surface area contributed by atoms with Crippen molar-refractivity contribution in [1.29, 1.82) is 0 Å². The van der Waals surface area contributed by atoms with Crippen LogP contribution in [-0.2, 0) is 54.4 Å². The van der Waals surface area contributed by atoms with Crippen molar-refractivity contribution in [2.75, 3.05) is 13.2 Å². The highest BCUT2D eigenvalue weighted by molar-refractivity contribution is 5.99. The van der Waals surface area contributed by atoms with Crippen molar-refractivity contribution in [2.24, 2.45) is 29.0 Å². The van der Waals surface area contributed by atoms with Crippen molar-refractivity contribution in [3.63, 3.8) is 0 Å². The van der Waals surface area contributed by atoms with Crippen molar-refractivity contribution in [3.8, 4) is 5.75 Å². The van der Waals surface area contributed by atoms with Crippen LogP contribution in [0.1, 0.15) is 72.3 Å². The summed E-state index contributed by atoms with van der Waals surface area (Å²) >= 11 is 0. The average Bonchev–Trinajstić information content (AvgIpc) is 3.66. The van der Waals surface area contributed by atoms with Crippen molar-refractivity contribution in [1.82, 2.24) is 36.8 Å². The van der Waals surface area contributed by atoms with Crippen LogP contribution in [0.5, 0.6) is 5.75 Å². The molecule has 0 bridgehead atoms. The molecular formula is C38H58N10O12. The zero-order chi connectivity index (χ0) is 45.4. The molecule has 5 unspecified atom stereocenters. The molecule has 10 amide bonds. The van der Waals surface area contributed by atoms with Gasteiger partial charge in [-0.1, -0.05) is 39.8 Å². The highest BCUT2D eigenvalue weighted by Crippen LogP contribution is 2.21. The van der Waals surface area contributed by atoms with E-state index >= 15 is 0 Å². The van der Waals surface area contributed by atoms with Gasteiger partial charge in [0.2, 0.25) is 59.1 Å². The number of likely N-dealkylation sites (tertiary alicyclic amines) is 1. The summed E-state index contributed by atoms with van der Waals surface area (Å²) in [7, 11) is 0. The van der Waals surface area contributed by atoms with E-state index in [1.54, 1.807) is 27.7 Å². The lowest BCUT2D eigenvalue weighted by Gasteiger charge is -2.32. The van der Waals surface area contributed by atoms with Crippen molar-refractivity contribution >= 4 is 59.1 Å². The fraction of sp³-hybridized carbons (Fsp3) is 0.579. The maximum atomic E-state index is 14.4. The molecule has 2 rings (SSSR count). The van der Waals surface area contributed by atoms with Crippen LogP contribution in [0.15, 0.2) is 24.3 Å². The van der Waals surface area contributed by atoms with Gasteiger partial charge in [0.15, 0.2) is 0 Å². The van der Waals surface area contributed by atoms with Crippen LogP contribution in [0.25, 0.3) is 0 Å². The molecule has 1 aliphatic rings. The van der Waals surface area contributed by atoms with Crippen molar-refractivity contribution < 1.29 is 58.2 Å². The quantitative estimate of drug-likeness (QED) is 0.0500. The number of aliphatic hydroxyl groups excluding tert-OH is 1. The van der Waals surface area contributed by atoms with Gasteiger partial charge < -0.3 is 64.2 Å². The average molecular weight is 847 g/mol. The molecule has 1 aromatic carbocycles. The van der Waals surface area contributed by atoms with Gasteiger partial charge in [0, 0.05) is 26.3 Å². The minimum atomic E-state index is -1.76. The molecule has 0 aromatic heterocycles. The van der Waals surface area contributed by atoms with Gasteiger partial charge >= 0.3 is 0 Å². The summed E-state index contributed by atoms with van der Waals surface area (Å²) in [5.74, 6) is -9.56. The Morgan fingerprint density at radius 3 is 1.77 bits per heavy atom. The summed E-state index contributed by atoms with van der Waals surface area (Å²) in [5, 5.41) is 34.0. The van der Waals surface area contributed by atoms with Crippen LogP contribution < -0.4 is 49.1 Å². The number of benzene rings is 1. The van der Waals surface area contributed by atoms with E-state index in [9.17, 15) is 58.2 Å². The van der Waals surface area contributed by atoms with Gasteiger partial charge in [0.25, 0.3) is 0 Å². The van der Waals surface area contributed by atoms with Crippen LogP contribution in [0.2, 0.25) is 0 Å². The van der Waals surface area contributed by atoms with E-state index in [-0.39, 0.29) is 31.1 Å². The molecule has 0 spiro atoms. The van der Waals surface area contributed by atoms with Crippen LogP contribution in [0.4, 0.5) is 0 Å². The number of aliphatic hydroxyl groups is 1. The first kappa shape index (κ1) is 49.8. The Balaban J connectivity index is 2.43. The molecule has 22 heteroatoms. The monoisotopic (exact) mass is 846 g/mol. The fourth-order valence-corrected chi connectivity index (χ4v) is 6.39. The van der Waals surface area contributed by atoms with E-state index in [0.29, 0.717) is 12.0 Å². The van der Waals surface area contributed by atoms with Gasteiger partial charge in [-0.15, -0.1) is 0 Å². The summed E-state index contributed by atoms with van der Waals surface area (Å²) in [6, 6.07) is -3.91. The smallest absolute Gasteiger partial charge is 0.246 e. The number of hydrogen-bond donors (Lipinski definition) is 11. The van der Waals surface area contributed by atoms with E-state index in [2.05, 4.69) is 31.9 Å². The van der Waals surface area contributed by atoms with E-state index in [4.69, 9.17) is 17.2 Å². The van der Waals surface area contributed by atoms with E-state index < -0.39 is 133 Å². The maximum absolute atomic E-state index is 14.4. The fourth-order valence-electron chi connectivity index (χ4n) is 6.39. The molecule has 0 radical (unpaired) electrons. The first-order valence-corrected chi connectivity index (χ1v) is 19.4. The predicted molar refractivity (Wildman–Crippen MR) is 212 cm³/mol. The molecule has 0 saturated carbocycles. The Bertz CT molecular complexity index is 1760. The number of nitrogens with two attached hydrogens (primary N) is 3. The Labute approximate surface area is 346 Å². The zero-order valence-electron chi connectivity index (χ0n) is 34.3. The molecule has 332 valence electrons. The molecule has 1 heterocycles. The molecule has 7 atom stereocenters. The number of amides is 10. The normalized spacial score (nSPS) is 16.6. The molecule has 0 aliphatic carbocycles. The Hall–Kier alpha value is -6.32. The molecule has 1 fully saturated rings. The molecule has 1 saturated heterocycles. The number of carbonyl (C=O) groups excluding carboxylic acids is 10. The number of nitrogens with one attached hydrogen (secondary N) is 6. The minimum absolute atomic E-state index is 0.0600. The van der Waals surface area contributed by atoms with Gasteiger partial charge in [-0.3, -0.25) is 47.9 Å². The van der Waals surface area contributed by atoms with E-state index in [1.165, 1.54) is 29.2 Å². The third-order valence-corrected chi connectivity index (χ3v) is 9.57. The largest absolute Gasteiger partial charge is 0.508 e. The third-order valence-electron chi connectivity index (χ3n) is 9.57. The Morgan fingerprint density at radius 1 is 0.700 bits per heavy atom. The highest BCUT2D eigenvalue weighted by Gasteiger charge is 2.41. The number of primary amides is 3. The van der Waals surface area contributed by atoms with Gasteiger partial charge in [-0.05, 0) is 48.8 Å². The number of rotatable bonds is 23. The number of hydrogen-bond acceptors (Lipinski definition) is 12. The summed E-state index contributed by atoms with van der Waals surface area (Å²) in [6.07, 6.45) is -1.32. The van der Waals surface area contributed by atoms with E-state index in [0.717, 1.165) is 6.92 Å². The van der Waals surface area contributed by atoms with E-state index in [1.807, 2.05) is 0 Å². The Morgan fingerprint density at radius 2 is 1.25 bits per heavy atom. The number of carbonyl (C=O) groups is 10. The number of nitrogens with zero attached hydrogens (tertiary/aromatic N) is 1. The summed E-state index contributed by atoms with van der Waals surface area (Å²) in [5.41, 5.74) is 16.6. The summed E-state index contributed by atoms with van der Waals surface area (Å²) in [6.45, 7) is 7.00. The van der Waals surface area contributed by atoms with Gasteiger partial charge in [-0.25, -0.2) is 0 Å². The lowest BCUT2D eigenvalue weighted by Crippen LogP contribution is -2.61. The second-order valence-electron chi connectivity index (χ2n) is 15.2. The second kappa shape index (κ2) is 23.3. The standard InChI is InChI=1S/C38H58N10O12/c1-18(2)30(32(41)54)46-37(59)31(19(3)4)47-36(58)27-7-6-14-48(27)38(60)25(15-21-8-10-22(51)11-9-21)45-34(56)24(16-29(40)53)44-33(55)23(12-13-28(39)52)43-35(57)26(17-49)42-20(5)50/h8-11,18-19,23-27,30-31,49,51H,6-7,12-17H2,1-5H3,(H2,39,52)(H2,40,53)(H2,41,54)(H,42,50)(H,43,57)(H,44,55)(H,45,56)(H,46,59)(H,47,58)/t23?,24?,25-,26?,27-,30?,31?/m0/s1. The lowest BCUT2D eigenvalue weighted by atomic mass is 9.99. The highest BCUT2D eigenvalue weighted by atomic mass is 16.3. The van der Waals surface area contributed by atoms with Gasteiger partial charge in [-0.2, -0.15) is 0 Å².